The Balaban J connectivity index is 1.75. The van der Waals surface area contributed by atoms with E-state index in [0.717, 1.165) is 37.5 Å². The number of piperazine rings is 1. The lowest BCUT2D eigenvalue weighted by Gasteiger charge is -2.37. The second-order valence-electron chi connectivity index (χ2n) is 6.34. The van der Waals surface area contributed by atoms with Crippen LogP contribution < -0.4 is 0 Å². The zero-order chi connectivity index (χ0) is 15.6. The Morgan fingerprint density at radius 1 is 0.870 bits per heavy atom. The Bertz CT molecular complexity index is 739. The largest absolute Gasteiger partial charge is 0.459 e. The molecule has 0 N–H and O–H groups in total. The predicted octanol–water partition coefficient (Wildman–Crippen LogP) is 3.77. The maximum atomic E-state index is 6.21. The predicted molar refractivity (Wildman–Crippen MR) is 93.6 cm³/mol. The number of fused-ring (bicyclic) bond motifs is 1. The first-order chi connectivity index (χ1) is 11.3. The van der Waals surface area contributed by atoms with Crippen LogP contribution in [0.5, 0.6) is 0 Å². The lowest BCUT2D eigenvalue weighted by molar-refractivity contribution is 0.118. The van der Waals surface area contributed by atoms with Gasteiger partial charge in [-0.1, -0.05) is 48.5 Å². The van der Waals surface area contributed by atoms with Crippen molar-refractivity contribution in [2.45, 2.75) is 6.04 Å². The number of furan rings is 1. The molecule has 0 saturated carbocycles. The summed E-state index contributed by atoms with van der Waals surface area (Å²) in [5.74, 6) is 1.04. The highest BCUT2D eigenvalue weighted by atomic mass is 16.3. The van der Waals surface area contributed by atoms with Crippen molar-refractivity contribution >= 4 is 11.0 Å². The highest BCUT2D eigenvalue weighted by Gasteiger charge is 2.27. The molecule has 1 aromatic heterocycles. The first-order valence-electron chi connectivity index (χ1n) is 8.27. The van der Waals surface area contributed by atoms with Crippen LogP contribution in [0.25, 0.3) is 11.0 Å². The minimum atomic E-state index is 0.192. The average molecular weight is 306 g/mol. The van der Waals surface area contributed by atoms with Gasteiger partial charge in [0.2, 0.25) is 0 Å². The molecule has 1 saturated heterocycles. The van der Waals surface area contributed by atoms with E-state index in [4.69, 9.17) is 4.42 Å². The Labute approximate surface area is 137 Å². The highest BCUT2D eigenvalue weighted by molar-refractivity contribution is 5.78. The fourth-order valence-electron chi connectivity index (χ4n) is 3.41. The van der Waals surface area contributed by atoms with Gasteiger partial charge < -0.3 is 9.32 Å². The minimum Gasteiger partial charge on any atom is -0.459 e. The number of nitrogens with zero attached hydrogens (tertiary/aromatic N) is 2. The summed E-state index contributed by atoms with van der Waals surface area (Å²) in [5, 5.41) is 1.18. The van der Waals surface area contributed by atoms with Crippen molar-refractivity contribution in [2.24, 2.45) is 0 Å². The fourth-order valence-corrected chi connectivity index (χ4v) is 3.41. The summed E-state index contributed by atoms with van der Waals surface area (Å²) in [6.07, 6.45) is 0. The Hall–Kier alpha value is -2.10. The molecule has 23 heavy (non-hydrogen) atoms. The fraction of sp³-hybridized carbons (Fsp3) is 0.300. The van der Waals surface area contributed by atoms with Crippen molar-refractivity contribution < 1.29 is 4.42 Å². The van der Waals surface area contributed by atoms with Crippen molar-refractivity contribution in [3.63, 3.8) is 0 Å². The third kappa shape index (κ3) is 2.90. The average Bonchev–Trinajstić information content (AvgIpc) is 3.01. The summed E-state index contributed by atoms with van der Waals surface area (Å²) in [5.41, 5.74) is 2.27. The third-order valence-electron chi connectivity index (χ3n) is 4.73. The summed E-state index contributed by atoms with van der Waals surface area (Å²) in [7, 11) is 2.19. The molecular weight excluding hydrogens is 284 g/mol. The standard InChI is InChI=1S/C20H22N2O/c1-21-11-13-22(14-12-21)20(16-7-3-2-4-8-16)19-15-17-9-5-6-10-18(17)23-19/h2-10,15,20H,11-14H2,1H3. The molecule has 1 fully saturated rings. The zero-order valence-corrected chi connectivity index (χ0v) is 13.5. The van der Waals surface area contributed by atoms with Crippen LogP contribution in [0.3, 0.4) is 0 Å². The third-order valence-corrected chi connectivity index (χ3v) is 4.73. The molecule has 0 radical (unpaired) electrons. The summed E-state index contributed by atoms with van der Waals surface area (Å²) >= 11 is 0. The van der Waals surface area contributed by atoms with E-state index in [1.807, 2.05) is 12.1 Å². The van der Waals surface area contributed by atoms with E-state index in [9.17, 15) is 0 Å². The van der Waals surface area contributed by atoms with Crippen LogP contribution in [0.1, 0.15) is 17.4 Å². The van der Waals surface area contributed by atoms with E-state index >= 15 is 0 Å². The van der Waals surface area contributed by atoms with E-state index in [2.05, 4.69) is 65.4 Å². The van der Waals surface area contributed by atoms with Crippen molar-refractivity contribution in [1.82, 2.24) is 9.80 Å². The van der Waals surface area contributed by atoms with Gasteiger partial charge in [-0.05, 0) is 24.7 Å². The molecule has 0 aliphatic carbocycles. The highest BCUT2D eigenvalue weighted by Crippen LogP contribution is 2.33. The molecule has 0 spiro atoms. The topological polar surface area (TPSA) is 19.6 Å². The van der Waals surface area contributed by atoms with Crippen LogP contribution in [0.15, 0.2) is 65.1 Å². The Morgan fingerprint density at radius 2 is 1.57 bits per heavy atom. The van der Waals surface area contributed by atoms with Gasteiger partial charge in [-0.2, -0.15) is 0 Å². The Morgan fingerprint density at radius 3 is 2.30 bits per heavy atom. The minimum absolute atomic E-state index is 0.192. The monoisotopic (exact) mass is 306 g/mol. The second-order valence-corrected chi connectivity index (χ2v) is 6.34. The quantitative estimate of drug-likeness (QED) is 0.734. The molecule has 1 aliphatic rings. The molecule has 1 atom stereocenters. The maximum Gasteiger partial charge on any atom is 0.134 e. The molecule has 2 heterocycles. The van der Waals surface area contributed by atoms with Crippen LogP contribution in [-0.2, 0) is 0 Å². The van der Waals surface area contributed by atoms with E-state index < -0.39 is 0 Å². The van der Waals surface area contributed by atoms with Crippen LogP contribution in [0, 0.1) is 0 Å². The van der Waals surface area contributed by atoms with Crippen molar-refractivity contribution in [3.8, 4) is 0 Å². The van der Waals surface area contributed by atoms with Crippen LogP contribution in [-0.4, -0.2) is 43.0 Å². The van der Waals surface area contributed by atoms with Gasteiger partial charge in [0.1, 0.15) is 11.3 Å². The first kappa shape index (κ1) is 14.5. The van der Waals surface area contributed by atoms with Gasteiger partial charge in [0.15, 0.2) is 0 Å². The van der Waals surface area contributed by atoms with Gasteiger partial charge in [0, 0.05) is 31.6 Å². The number of likely N-dealkylation sites (N-methyl/N-ethyl adjacent to an activating group) is 1. The summed E-state index contributed by atoms with van der Waals surface area (Å²) in [4.78, 5) is 4.92. The number of rotatable bonds is 3. The summed E-state index contributed by atoms with van der Waals surface area (Å²) in [6.45, 7) is 4.33. The van der Waals surface area contributed by atoms with Crippen LogP contribution >= 0.6 is 0 Å². The maximum absolute atomic E-state index is 6.21. The smallest absolute Gasteiger partial charge is 0.134 e. The van der Waals surface area contributed by atoms with Crippen molar-refractivity contribution in [3.05, 3.63) is 72.0 Å². The van der Waals surface area contributed by atoms with Gasteiger partial charge in [-0.25, -0.2) is 0 Å². The normalized spacial score (nSPS) is 18.3. The molecule has 4 rings (SSSR count). The van der Waals surface area contributed by atoms with E-state index in [1.54, 1.807) is 0 Å². The van der Waals surface area contributed by atoms with Crippen molar-refractivity contribution in [2.75, 3.05) is 33.2 Å². The first-order valence-corrected chi connectivity index (χ1v) is 8.27. The molecule has 0 amide bonds. The van der Waals surface area contributed by atoms with E-state index in [-0.39, 0.29) is 6.04 Å². The molecule has 0 bridgehead atoms. The molecule has 3 heteroatoms. The number of hydrogen-bond donors (Lipinski definition) is 0. The van der Waals surface area contributed by atoms with Crippen LogP contribution in [0.2, 0.25) is 0 Å². The number of benzene rings is 2. The summed E-state index contributed by atoms with van der Waals surface area (Å²) < 4.78 is 6.21. The van der Waals surface area contributed by atoms with Crippen LogP contribution in [0.4, 0.5) is 0 Å². The van der Waals surface area contributed by atoms with Gasteiger partial charge in [0.05, 0.1) is 6.04 Å². The van der Waals surface area contributed by atoms with Gasteiger partial charge in [-0.3, -0.25) is 4.90 Å². The second kappa shape index (κ2) is 6.19. The lowest BCUT2D eigenvalue weighted by atomic mass is 10.0. The number of hydrogen-bond acceptors (Lipinski definition) is 3. The van der Waals surface area contributed by atoms with E-state index in [1.165, 1.54) is 10.9 Å². The Kier molecular flexibility index (Phi) is 3.90. The van der Waals surface area contributed by atoms with E-state index in [0.29, 0.717) is 0 Å². The van der Waals surface area contributed by atoms with Gasteiger partial charge in [-0.15, -0.1) is 0 Å². The van der Waals surface area contributed by atoms with Gasteiger partial charge >= 0.3 is 0 Å². The molecule has 3 nitrogen and oxygen atoms in total. The lowest BCUT2D eigenvalue weighted by Crippen LogP contribution is -2.46. The molecule has 2 aromatic carbocycles. The van der Waals surface area contributed by atoms with Crippen molar-refractivity contribution in [1.29, 1.82) is 0 Å². The number of para-hydroxylation sites is 1. The van der Waals surface area contributed by atoms with Gasteiger partial charge in [0.25, 0.3) is 0 Å². The zero-order valence-electron chi connectivity index (χ0n) is 13.5. The summed E-state index contributed by atoms with van der Waals surface area (Å²) in [6, 6.07) is 21.4. The SMILES string of the molecule is CN1CCN(C(c2ccccc2)c2cc3ccccc3o2)CC1. The molecule has 118 valence electrons. The molecule has 3 aromatic rings. The molecule has 1 aliphatic heterocycles. The molecular formula is C20H22N2O. The molecule has 1 unspecified atom stereocenters.